The van der Waals surface area contributed by atoms with E-state index in [0.717, 1.165) is 6.07 Å². The number of carbonyl (C=O) groups is 5. The van der Waals surface area contributed by atoms with Crippen LogP contribution in [0.2, 0.25) is 0 Å². The number of nitrogens with zero attached hydrogens (tertiary/aromatic N) is 1. The van der Waals surface area contributed by atoms with Crippen molar-refractivity contribution in [3.8, 4) is 11.3 Å². The summed E-state index contributed by atoms with van der Waals surface area (Å²) < 4.78 is 0. The van der Waals surface area contributed by atoms with Gasteiger partial charge in [-0.1, -0.05) is 0 Å². The fourth-order valence-corrected chi connectivity index (χ4v) is 2.41. The number of carboxylic acids is 3. The molecule has 0 saturated carbocycles. The molecule has 0 saturated heterocycles. The van der Waals surface area contributed by atoms with Gasteiger partial charge in [-0.15, -0.1) is 0 Å². The van der Waals surface area contributed by atoms with Crippen LogP contribution in [0, 0.1) is 0 Å². The lowest BCUT2D eigenvalue weighted by Gasteiger charge is -2.18. The summed E-state index contributed by atoms with van der Waals surface area (Å²) in [5.41, 5.74) is -3.55. The van der Waals surface area contributed by atoms with Crippen molar-refractivity contribution in [2.75, 3.05) is 0 Å². The van der Waals surface area contributed by atoms with Crippen molar-refractivity contribution in [1.29, 1.82) is 0 Å². The number of carboxylic acid groups (broad SMARTS) is 3. The molecule has 1 aliphatic rings. The second kappa shape index (κ2) is 4.84. The van der Waals surface area contributed by atoms with E-state index < -0.39 is 52.1 Å². The van der Waals surface area contributed by atoms with Gasteiger partial charge in [-0.25, -0.2) is 14.6 Å². The lowest BCUT2D eigenvalue weighted by Crippen LogP contribution is -2.29. The third-order valence-electron chi connectivity index (χ3n) is 3.42. The summed E-state index contributed by atoms with van der Waals surface area (Å²) in [6.07, 6.45) is 0. The molecule has 120 valence electrons. The summed E-state index contributed by atoms with van der Waals surface area (Å²) in [6, 6.07) is 1.57. The van der Waals surface area contributed by atoms with Crippen LogP contribution in [0.1, 0.15) is 52.2 Å². The van der Waals surface area contributed by atoms with Crippen LogP contribution in [0.4, 0.5) is 0 Å². The Morgan fingerprint density at radius 3 is 2.25 bits per heavy atom. The first-order chi connectivity index (χ1) is 11.2. The molecule has 3 N–H and O–H groups in total. The zero-order valence-corrected chi connectivity index (χ0v) is 11.4. The summed E-state index contributed by atoms with van der Waals surface area (Å²) >= 11 is 0. The molecule has 0 fully saturated rings. The van der Waals surface area contributed by atoms with Crippen LogP contribution < -0.4 is 5.11 Å². The van der Waals surface area contributed by atoms with Crippen molar-refractivity contribution in [3.05, 3.63) is 40.3 Å². The molecule has 10 heteroatoms. The Morgan fingerprint density at radius 2 is 1.71 bits per heavy atom. The summed E-state index contributed by atoms with van der Waals surface area (Å²) in [4.78, 5) is 63.4. The number of pyridine rings is 1. The number of H-pyrrole nitrogens is 1. The molecule has 0 aromatic carbocycles. The smallest absolute Gasteiger partial charge is 0.354 e. The first kappa shape index (κ1) is 15.1. The van der Waals surface area contributed by atoms with Gasteiger partial charge >= 0.3 is 11.9 Å². The third-order valence-corrected chi connectivity index (χ3v) is 3.42. The number of rotatable bonds is 3. The molecule has 0 unspecified atom stereocenters. The van der Waals surface area contributed by atoms with Gasteiger partial charge in [0, 0.05) is 11.1 Å². The van der Waals surface area contributed by atoms with E-state index in [4.69, 9.17) is 10.2 Å². The number of aromatic carboxylic acids is 3. The Kier molecular flexibility index (Phi) is 3.04. The molecule has 0 aliphatic heterocycles. The Morgan fingerprint density at radius 1 is 1.04 bits per heavy atom. The number of fused-ring (bicyclic) bond motifs is 3. The Labute approximate surface area is 131 Å². The minimum atomic E-state index is -1.81. The van der Waals surface area contributed by atoms with Gasteiger partial charge in [0.15, 0.2) is 0 Å². The minimum absolute atomic E-state index is 0.240. The topological polar surface area (TPSA) is 178 Å². The maximum Gasteiger partial charge on any atom is 0.354 e. The van der Waals surface area contributed by atoms with Gasteiger partial charge in [-0.05, 0) is 12.1 Å². The van der Waals surface area contributed by atoms with Crippen molar-refractivity contribution in [1.82, 2.24) is 9.97 Å². The van der Waals surface area contributed by atoms with E-state index in [1.165, 1.54) is 0 Å². The number of aromatic nitrogens is 2. The van der Waals surface area contributed by atoms with Crippen LogP contribution >= 0.6 is 0 Å². The third kappa shape index (κ3) is 1.97. The lowest BCUT2D eigenvalue weighted by atomic mass is 9.88. The van der Waals surface area contributed by atoms with Crippen LogP contribution in [0.3, 0.4) is 0 Å². The van der Waals surface area contributed by atoms with E-state index >= 15 is 0 Å². The average molecular weight is 329 g/mol. The molecule has 0 spiro atoms. The Balaban J connectivity index is 2.43. The van der Waals surface area contributed by atoms with Gasteiger partial charge in [0.25, 0.3) is 5.78 Å². The van der Waals surface area contributed by atoms with Gasteiger partial charge in [0.1, 0.15) is 17.1 Å². The number of carbonyl (C=O) groups excluding carboxylic acids is 3. The quantitative estimate of drug-likeness (QED) is 0.609. The van der Waals surface area contributed by atoms with Gasteiger partial charge < -0.3 is 25.1 Å². The van der Waals surface area contributed by atoms with Crippen LogP contribution in [0.15, 0.2) is 12.1 Å². The molecule has 2 aromatic heterocycles. The van der Waals surface area contributed by atoms with Crippen LogP contribution in [-0.4, -0.2) is 49.7 Å². The molecule has 2 heterocycles. The number of hydrogen-bond donors (Lipinski definition) is 3. The SMILES string of the molecule is O=C(O)c1cc(C(=O)[O-])c2c(n1)C(=O)C(=O)c1cc(C(=O)O)[nH]c1-2. The molecule has 0 amide bonds. The zero-order chi connectivity index (χ0) is 17.8. The standard InChI is InChI=1S/C14H6N2O8/c17-10-4-2-6(14(23)24)15-8(4)7-3(12(19)20)1-5(13(21)22)16-9(7)11(10)18/h1-2,15H,(H,19,20)(H,21,22)(H,23,24)/p-1. The fraction of sp³-hybridized carbons (Fsp3) is 0. The number of ketones is 2. The van der Waals surface area contributed by atoms with E-state index in [1.807, 2.05) is 0 Å². The zero-order valence-electron chi connectivity index (χ0n) is 11.4. The molecule has 0 bridgehead atoms. The Hall–Kier alpha value is -3.82. The molecule has 1 aliphatic carbocycles. The van der Waals surface area contributed by atoms with E-state index in [1.54, 1.807) is 0 Å². The molecule has 2 aromatic rings. The molecular formula is C14H5N2O8-. The predicted octanol–water partition coefficient (Wildman–Crippen LogP) is -0.784. The first-order valence-electron chi connectivity index (χ1n) is 6.27. The predicted molar refractivity (Wildman–Crippen MR) is 70.9 cm³/mol. The molecule has 0 radical (unpaired) electrons. The van der Waals surface area contributed by atoms with E-state index in [-0.39, 0.29) is 16.8 Å². The summed E-state index contributed by atoms with van der Waals surface area (Å²) in [6.45, 7) is 0. The average Bonchev–Trinajstić information content (AvgIpc) is 2.96. The van der Waals surface area contributed by atoms with Crippen LogP contribution in [0.25, 0.3) is 11.3 Å². The highest BCUT2D eigenvalue weighted by Gasteiger charge is 2.37. The van der Waals surface area contributed by atoms with Crippen molar-refractivity contribution >= 4 is 29.5 Å². The van der Waals surface area contributed by atoms with Crippen LogP contribution in [0.5, 0.6) is 0 Å². The first-order valence-corrected chi connectivity index (χ1v) is 6.27. The normalized spacial score (nSPS) is 12.5. The van der Waals surface area contributed by atoms with E-state index in [0.29, 0.717) is 6.07 Å². The monoisotopic (exact) mass is 329 g/mol. The number of aromatic amines is 1. The Bertz CT molecular complexity index is 985. The lowest BCUT2D eigenvalue weighted by molar-refractivity contribution is -0.254. The van der Waals surface area contributed by atoms with Gasteiger partial charge in [-0.2, -0.15) is 0 Å². The number of hydrogen-bond acceptors (Lipinski definition) is 7. The molecule has 3 rings (SSSR count). The summed E-state index contributed by atoms with van der Waals surface area (Å²) in [5.74, 6) is -7.21. The molecular weight excluding hydrogens is 324 g/mol. The maximum atomic E-state index is 12.1. The highest BCUT2D eigenvalue weighted by Crippen LogP contribution is 2.35. The van der Waals surface area contributed by atoms with E-state index in [2.05, 4.69) is 9.97 Å². The second-order valence-electron chi connectivity index (χ2n) is 4.81. The molecule has 0 atom stereocenters. The van der Waals surface area contributed by atoms with Crippen molar-refractivity contribution in [2.45, 2.75) is 0 Å². The fourth-order valence-electron chi connectivity index (χ4n) is 2.41. The largest absolute Gasteiger partial charge is 0.545 e. The molecule has 10 nitrogen and oxygen atoms in total. The van der Waals surface area contributed by atoms with Gasteiger partial charge in [-0.3, -0.25) is 9.59 Å². The number of nitrogens with one attached hydrogen (secondary N) is 1. The van der Waals surface area contributed by atoms with Crippen LogP contribution in [-0.2, 0) is 0 Å². The van der Waals surface area contributed by atoms with Gasteiger partial charge in [0.05, 0.1) is 17.2 Å². The highest BCUT2D eigenvalue weighted by atomic mass is 16.4. The second-order valence-corrected chi connectivity index (χ2v) is 4.81. The highest BCUT2D eigenvalue weighted by molar-refractivity contribution is 6.52. The maximum absolute atomic E-state index is 12.1. The summed E-state index contributed by atoms with van der Waals surface area (Å²) in [5, 5.41) is 29.3. The summed E-state index contributed by atoms with van der Waals surface area (Å²) in [7, 11) is 0. The van der Waals surface area contributed by atoms with Gasteiger partial charge in [0.2, 0.25) is 5.78 Å². The van der Waals surface area contributed by atoms with Crippen molar-refractivity contribution in [3.63, 3.8) is 0 Å². The van der Waals surface area contributed by atoms with Crippen molar-refractivity contribution in [2.24, 2.45) is 0 Å². The van der Waals surface area contributed by atoms with E-state index in [9.17, 15) is 29.1 Å². The number of Topliss-reactive ketones (excluding diaryl/α,β-unsaturated/α-hetero) is 2. The van der Waals surface area contributed by atoms with Crippen molar-refractivity contribution < 1.29 is 39.3 Å². The molecule has 24 heavy (non-hydrogen) atoms. The minimum Gasteiger partial charge on any atom is -0.545 e.